The first kappa shape index (κ1) is 13.1. The fraction of sp³-hybridized carbons (Fsp3) is 0.368. The molecule has 0 atom stereocenters. The van der Waals surface area contributed by atoms with Crippen molar-refractivity contribution in [2.75, 3.05) is 5.32 Å². The number of rotatable bonds is 3. The Hall–Kier alpha value is -2.36. The van der Waals surface area contributed by atoms with E-state index in [1.165, 1.54) is 59.1 Å². The van der Waals surface area contributed by atoms with E-state index in [4.69, 9.17) is 4.98 Å². The van der Waals surface area contributed by atoms with Gasteiger partial charge in [0.05, 0.1) is 0 Å². The number of nitrogens with zero attached hydrogens (tertiary/aromatic N) is 2. The molecule has 0 aliphatic heterocycles. The molecule has 2 aromatic heterocycles. The number of H-pyrrole nitrogens is 1. The lowest BCUT2D eigenvalue weighted by atomic mass is 10.1. The summed E-state index contributed by atoms with van der Waals surface area (Å²) in [6, 6.07) is 8.77. The van der Waals surface area contributed by atoms with E-state index in [2.05, 4.69) is 46.7 Å². The number of anilines is 2. The van der Waals surface area contributed by atoms with Crippen LogP contribution in [-0.2, 0) is 12.8 Å². The Balaban J connectivity index is 1.56. The number of aryl methyl sites for hydroxylation is 2. The van der Waals surface area contributed by atoms with E-state index in [1.54, 1.807) is 0 Å². The third-order valence-corrected chi connectivity index (χ3v) is 5.15. The summed E-state index contributed by atoms with van der Waals surface area (Å²) >= 11 is 0. The highest BCUT2D eigenvalue weighted by Crippen LogP contribution is 2.42. The fourth-order valence-electron chi connectivity index (χ4n) is 3.73. The standard InChI is InChI=1S/C19H20N4/c1-11-10-15-17(13-8-9-13)22-23-19(15)21-18(11)20-16-7-3-5-12-4-2-6-14(12)16/h3,5,7,10,13H,2,4,6,8-9H2,1H3,(H2,20,21,22,23). The Morgan fingerprint density at radius 1 is 1.22 bits per heavy atom. The van der Waals surface area contributed by atoms with Crippen LogP contribution in [-0.4, -0.2) is 15.2 Å². The van der Waals surface area contributed by atoms with Crippen molar-refractivity contribution in [3.8, 4) is 0 Å². The van der Waals surface area contributed by atoms with Crippen molar-refractivity contribution in [2.24, 2.45) is 0 Å². The number of aromatic nitrogens is 3. The zero-order valence-corrected chi connectivity index (χ0v) is 13.3. The number of aromatic amines is 1. The van der Waals surface area contributed by atoms with Crippen molar-refractivity contribution in [1.82, 2.24) is 15.2 Å². The SMILES string of the molecule is Cc1cc2c(C3CC3)[nH]nc2nc1Nc1cccc2c1CCC2. The van der Waals surface area contributed by atoms with E-state index in [-0.39, 0.29) is 0 Å². The van der Waals surface area contributed by atoms with Crippen molar-refractivity contribution < 1.29 is 0 Å². The van der Waals surface area contributed by atoms with Crippen LogP contribution in [0.25, 0.3) is 11.0 Å². The van der Waals surface area contributed by atoms with E-state index >= 15 is 0 Å². The molecule has 0 bridgehead atoms. The van der Waals surface area contributed by atoms with Gasteiger partial charge in [0.15, 0.2) is 5.65 Å². The summed E-state index contributed by atoms with van der Waals surface area (Å²) in [7, 11) is 0. The minimum atomic E-state index is 0.664. The van der Waals surface area contributed by atoms with Gasteiger partial charge in [0.2, 0.25) is 0 Å². The summed E-state index contributed by atoms with van der Waals surface area (Å²) < 4.78 is 0. The van der Waals surface area contributed by atoms with E-state index in [9.17, 15) is 0 Å². The maximum absolute atomic E-state index is 4.77. The molecule has 4 nitrogen and oxygen atoms in total. The van der Waals surface area contributed by atoms with Gasteiger partial charge in [-0.2, -0.15) is 5.10 Å². The van der Waals surface area contributed by atoms with Gasteiger partial charge in [0.1, 0.15) is 5.82 Å². The molecule has 1 fully saturated rings. The molecule has 116 valence electrons. The zero-order valence-electron chi connectivity index (χ0n) is 13.3. The molecule has 2 aliphatic rings. The number of fused-ring (bicyclic) bond motifs is 2. The minimum absolute atomic E-state index is 0.664. The van der Waals surface area contributed by atoms with Crippen LogP contribution in [0.4, 0.5) is 11.5 Å². The van der Waals surface area contributed by atoms with Crippen molar-refractivity contribution in [3.05, 3.63) is 46.6 Å². The van der Waals surface area contributed by atoms with Gasteiger partial charge in [-0.1, -0.05) is 12.1 Å². The van der Waals surface area contributed by atoms with Crippen LogP contribution in [0.3, 0.4) is 0 Å². The molecule has 2 aliphatic carbocycles. The quantitative estimate of drug-likeness (QED) is 0.755. The van der Waals surface area contributed by atoms with Crippen molar-refractivity contribution in [2.45, 2.75) is 44.9 Å². The van der Waals surface area contributed by atoms with E-state index in [1.807, 2.05) is 0 Å². The Labute approximate surface area is 135 Å². The molecule has 0 amide bonds. The molecule has 0 radical (unpaired) electrons. The second-order valence-electron chi connectivity index (χ2n) is 6.86. The first-order chi connectivity index (χ1) is 11.3. The van der Waals surface area contributed by atoms with Crippen molar-refractivity contribution in [1.29, 1.82) is 0 Å². The summed E-state index contributed by atoms with van der Waals surface area (Å²) in [5.74, 6) is 1.59. The van der Waals surface area contributed by atoms with Gasteiger partial charge in [-0.25, -0.2) is 4.98 Å². The third-order valence-electron chi connectivity index (χ3n) is 5.15. The minimum Gasteiger partial charge on any atom is -0.340 e. The Morgan fingerprint density at radius 2 is 2.13 bits per heavy atom. The van der Waals surface area contributed by atoms with Crippen LogP contribution in [0.5, 0.6) is 0 Å². The smallest absolute Gasteiger partial charge is 0.183 e. The highest BCUT2D eigenvalue weighted by Gasteiger charge is 2.28. The third kappa shape index (κ3) is 2.12. The van der Waals surface area contributed by atoms with Crippen molar-refractivity contribution in [3.63, 3.8) is 0 Å². The predicted octanol–water partition coefficient (Wildman–Crippen LogP) is 4.38. The van der Waals surface area contributed by atoms with Crippen LogP contribution in [0.15, 0.2) is 24.3 Å². The molecule has 3 aromatic rings. The molecule has 1 aromatic carbocycles. The number of nitrogens with one attached hydrogen (secondary N) is 2. The van der Waals surface area contributed by atoms with Crippen LogP contribution < -0.4 is 5.32 Å². The topological polar surface area (TPSA) is 53.6 Å². The summed E-state index contributed by atoms with van der Waals surface area (Å²) in [6.45, 7) is 2.13. The Morgan fingerprint density at radius 3 is 3.00 bits per heavy atom. The van der Waals surface area contributed by atoms with Crippen LogP contribution in [0, 0.1) is 6.92 Å². The van der Waals surface area contributed by atoms with Gasteiger partial charge in [-0.15, -0.1) is 0 Å². The lowest BCUT2D eigenvalue weighted by Gasteiger charge is -2.12. The zero-order chi connectivity index (χ0) is 15.4. The molecule has 0 unspecified atom stereocenters. The highest BCUT2D eigenvalue weighted by molar-refractivity contribution is 5.83. The normalized spacial score (nSPS) is 16.7. The average molecular weight is 304 g/mol. The van der Waals surface area contributed by atoms with Crippen molar-refractivity contribution >= 4 is 22.5 Å². The number of pyridine rings is 1. The average Bonchev–Trinajstić information content (AvgIpc) is 3.13. The second-order valence-corrected chi connectivity index (χ2v) is 6.86. The van der Waals surface area contributed by atoms with Gasteiger partial charge in [0, 0.05) is 22.7 Å². The lowest BCUT2D eigenvalue weighted by molar-refractivity contribution is 0.912. The first-order valence-electron chi connectivity index (χ1n) is 8.53. The van der Waals surface area contributed by atoms with Crippen LogP contribution in [0.2, 0.25) is 0 Å². The summed E-state index contributed by atoms with van der Waals surface area (Å²) in [5.41, 5.74) is 7.40. The largest absolute Gasteiger partial charge is 0.340 e. The first-order valence-corrected chi connectivity index (χ1v) is 8.53. The van der Waals surface area contributed by atoms with Gasteiger partial charge >= 0.3 is 0 Å². The number of benzene rings is 1. The molecule has 23 heavy (non-hydrogen) atoms. The lowest BCUT2D eigenvalue weighted by Crippen LogP contribution is -2.00. The van der Waals surface area contributed by atoms with Gasteiger partial charge < -0.3 is 5.32 Å². The molecular formula is C19H20N4. The van der Waals surface area contributed by atoms with Crippen LogP contribution in [0.1, 0.15) is 47.6 Å². The van der Waals surface area contributed by atoms with Gasteiger partial charge in [-0.05, 0) is 67.9 Å². The Bertz CT molecular complexity index is 905. The maximum atomic E-state index is 4.77. The van der Waals surface area contributed by atoms with Crippen LogP contribution >= 0.6 is 0 Å². The highest BCUT2D eigenvalue weighted by atomic mass is 15.2. The molecular weight excluding hydrogens is 284 g/mol. The molecule has 2 N–H and O–H groups in total. The van der Waals surface area contributed by atoms with Gasteiger partial charge in [-0.3, -0.25) is 5.10 Å². The predicted molar refractivity (Wildman–Crippen MR) is 92.4 cm³/mol. The number of hydrogen-bond donors (Lipinski definition) is 2. The maximum Gasteiger partial charge on any atom is 0.183 e. The fourth-order valence-corrected chi connectivity index (χ4v) is 3.73. The van der Waals surface area contributed by atoms with E-state index in [0.717, 1.165) is 17.9 Å². The summed E-state index contributed by atoms with van der Waals surface area (Å²) in [6.07, 6.45) is 6.15. The molecule has 0 saturated heterocycles. The summed E-state index contributed by atoms with van der Waals surface area (Å²) in [4.78, 5) is 4.77. The molecule has 5 rings (SSSR count). The molecule has 1 saturated carbocycles. The molecule has 2 heterocycles. The van der Waals surface area contributed by atoms with E-state index in [0.29, 0.717) is 5.92 Å². The molecule has 4 heteroatoms. The number of hydrogen-bond acceptors (Lipinski definition) is 3. The molecule has 0 spiro atoms. The van der Waals surface area contributed by atoms with Gasteiger partial charge in [0.25, 0.3) is 0 Å². The monoisotopic (exact) mass is 304 g/mol. The Kier molecular flexibility index (Phi) is 2.75. The van der Waals surface area contributed by atoms with E-state index < -0.39 is 0 Å². The summed E-state index contributed by atoms with van der Waals surface area (Å²) in [5, 5.41) is 12.4. The second kappa shape index (κ2) is 4.82.